The van der Waals surface area contributed by atoms with E-state index in [9.17, 15) is 4.79 Å². The first kappa shape index (κ1) is 19.8. The van der Waals surface area contributed by atoms with E-state index in [1.165, 1.54) is 18.4 Å². The summed E-state index contributed by atoms with van der Waals surface area (Å²) < 4.78 is 13.5. The van der Waals surface area contributed by atoms with Crippen LogP contribution in [0.2, 0.25) is 0 Å². The molecule has 4 rings (SSSR count). The smallest absolute Gasteiger partial charge is 0.267 e. The fourth-order valence-corrected chi connectivity index (χ4v) is 4.09. The second-order valence-electron chi connectivity index (χ2n) is 6.51. The van der Waals surface area contributed by atoms with Gasteiger partial charge in [-0.3, -0.25) is 19.4 Å². The summed E-state index contributed by atoms with van der Waals surface area (Å²) in [6, 6.07) is 9.54. The lowest BCUT2D eigenvalue weighted by Gasteiger charge is -2.19. The van der Waals surface area contributed by atoms with E-state index in [-0.39, 0.29) is 11.8 Å². The fraction of sp³-hybridized carbons (Fsp3) is 0.238. The van der Waals surface area contributed by atoms with Crippen LogP contribution in [0.3, 0.4) is 0 Å². The topological polar surface area (TPSA) is 82.4 Å². The number of aromatic nitrogens is 4. The number of carbonyl (C=O) groups is 1. The van der Waals surface area contributed by atoms with Gasteiger partial charge in [0.05, 0.1) is 25.0 Å². The first-order valence-electron chi connectivity index (χ1n) is 9.41. The first-order valence-corrected chi connectivity index (χ1v) is 10.2. The average molecular weight is 423 g/mol. The minimum Gasteiger partial charge on any atom is -0.492 e. The molecule has 0 aliphatic heterocycles. The molecule has 0 aliphatic carbocycles. The Labute approximate surface area is 177 Å². The van der Waals surface area contributed by atoms with Gasteiger partial charge >= 0.3 is 0 Å². The predicted molar refractivity (Wildman–Crippen MR) is 115 cm³/mol. The molecule has 4 aromatic rings. The maximum absolute atomic E-state index is 13.5. The number of carbonyl (C=O) groups excluding carboxylic acids is 1. The molecule has 0 saturated carbocycles. The normalized spacial score (nSPS) is 10.9. The number of thiazole rings is 1. The molecule has 0 bridgehead atoms. The number of rotatable bonds is 7. The molecule has 0 aliphatic rings. The average Bonchev–Trinajstić information content (AvgIpc) is 3.36. The number of nitrogens with zero attached hydrogens (tertiary/aromatic N) is 5. The Kier molecular flexibility index (Phi) is 5.62. The van der Waals surface area contributed by atoms with Crippen LogP contribution in [0.25, 0.3) is 10.2 Å². The Morgan fingerprint density at radius 1 is 1.27 bits per heavy atom. The summed E-state index contributed by atoms with van der Waals surface area (Å²) in [5, 5.41) is 4.78. The minimum atomic E-state index is -0.249. The standard InChI is InChI=1S/C21H21N5O3S/c1-4-29-16-8-5-9-17-18(16)23-21(30-17)26(12-14-7-6-10-22-11-14)20(27)15-13-25(2)24-19(15)28-3/h5-11,13H,4,12H2,1-3H3. The van der Waals surface area contributed by atoms with Crippen LogP contribution in [0, 0.1) is 0 Å². The highest BCUT2D eigenvalue weighted by Crippen LogP contribution is 2.36. The van der Waals surface area contributed by atoms with Crippen LogP contribution in [0.4, 0.5) is 5.13 Å². The van der Waals surface area contributed by atoms with Crippen molar-refractivity contribution in [3.8, 4) is 11.6 Å². The molecule has 1 amide bonds. The number of hydrogen-bond donors (Lipinski definition) is 0. The summed E-state index contributed by atoms with van der Waals surface area (Å²) in [5.41, 5.74) is 1.99. The van der Waals surface area contributed by atoms with Crippen molar-refractivity contribution < 1.29 is 14.3 Å². The highest BCUT2D eigenvalue weighted by molar-refractivity contribution is 7.22. The van der Waals surface area contributed by atoms with Crippen LogP contribution in [0.15, 0.2) is 48.9 Å². The third kappa shape index (κ3) is 3.84. The third-order valence-electron chi connectivity index (χ3n) is 4.43. The van der Waals surface area contributed by atoms with Gasteiger partial charge < -0.3 is 9.47 Å². The van der Waals surface area contributed by atoms with Gasteiger partial charge in [-0.1, -0.05) is 23.5 Å². The molecule has 0 radical (unpaired) electrons. The molecular formula is C21H21N5O3S. The molecule has 0 fully saturated rings. The SMILES string of the molecule is CCOc1cccc2sc(N(Cc3cccnc3)C(=O)c3cn(C)nc3OC)nc12. The molecule has 3 heterocycles. The molecule has 9 heteroatoms. The number of para-hydroxylation sites is 1. The van der Waals surface area contributed by atoms with E-state index in [2.05, 4.69) is 10.1 Å². The van der Waals surface area contributed by atoms with Crippen LogP contribution in [-0.2, 0) is 13.6 Å². The molecule has 3 aromatic heterocycles. The number of aryl methyl sites for hydroxylation is 1. The summed E-state index contributed by atoms with van der Waals surface area (Å²) in [7, 11) is 3.24. The number of benzene rings is 1. The van der Waals surface area contributed by atoms with E-state index < -0.39 is 0 Å². The second kappa shape index (κ2) is 8.50. The van der Waals surface area contributed by atoms with Gasteiger partial charge in [-0.05, 0) is 30.7 Å². The lowest BCUT2D eigenvalue weighted by Crippen LogP contribution is -2.30. The van der Waals surface area contributed by atoms with Crippen molar-refractivity contribution >= 4 is 32.6 Å². The monoisotopic (exact) mass is 423 g/mol. The molecule has 0 spiro atoms. The Balaban J connectivity index is 1.80. The summed E-state index contributed by atoms with van der Waals surface area (Å²) in [5.74, 6) is 0.723. The molecule has 154 valence electrons. The maximum Gasteiger partial charge on any atom is 0.267 e. The highest BCUT2D eigenvalue weighted by Gasteiger charge is 2.27. The molecule has 0 N–H and O–H groups in total. The predicted octanol–water partition coefficient (Wildman–Crippen LogP) is 3.68. The Bertz CT molecular complexity index is 1170. The summed E-state index contributed by atoms with van der Waals surface area (Å²) in [4.78, 5) is 24.1. The lowest BCUT2D eigenvalue weighted by molar-refractivity contribution is 0.0982. The van der Waals surface area contributed by atoms with Crippen LogP contribution in [0.5, 0.6) is 11.6 Å². The zero-order valence-corrected chi connectivity index (χ0v) is 17.7. The van der Waals surface area contributed by atoms with Crippen LogP contribution >= 0.6 is 11.3 Å². The van der Waals surface area contributed by atoms with E-state index in [0.29, 0.717) is 29.6 Å². The van der Waals surface area contributed by atoms with Gasteiger partial charge in [0.2, 0.25) is 5.88 Å². The molecule has 0 unspecified atom stereocenters. The van der Waals surface area contributed by atoms with E-state index in [1.807, 2.05) is 37.3 Å². The van der Waals surface area contributed by atoms with Gasteiger partial charge in [0.15, 0.2) is 5.13 Å². The summed E-state index contributed by atoms with van der Waals surface area (Å²) >= 11 is 1.43. The molecule has 30 heavy (non-hydrogen) atoms. The lowest BCUT2D eigenvalue weighted by atomic mass is 10.2. The number of ether oxygens (including phenoxy) is 2. The van der Waals surface area contributed by atoms with Crippen molar-refractivity contribution in [1.29, 1.82) is 0 Å². The van der Waals surface area contributed by atoms with Crippen molar-refractivity contribution in [3.63, 3.8) is 0 Å². The number of fused-ring (bicyclic) bond motifs is 1. The molecule has 0 saturated heterocycles. The van der Waals surface area contributed by atoms with E-state index in [1.54, 1.807) is 35.2 Å². The van der Waals surface area contributed by atoms with Crippen molar-refractivity contribution in [2.45, 2.75) is 13.5 Å². The van der Waals surface area contributed by atoms with E-state index >= 15 is 0 Å². The number of methoxy groups -OCH3 is 1. The van der Waals surface area contributed by atoms with Crippen molar-refractivity contribution in [3.05, 3.63) is 60.0 Å². The van der Waals surface area contributed by atoms with Gasteiger partial charge in [-0.25, -0.2) is 4.98 Å². The molecule has 8 nitrogen and oxygen atoms in total. The van der Waals surface area contributed by atoms with Crippen LogP contribution in [-0.4, -0.2) is 39.4 Å². The first-order chi connectivity index (χ1) is 14.6. The Hall–Kier alpha value is -3.46. The van der Waals surface area contributed by atoms with Gasteiger partial charge in [0, 0.05) is 25.6 Å². The van der Waals surface area contributed by atoms with E-state index in [4.69, 9.17) is 14.5 Å². The second-order valence-corrected chi connectivity index (χ2v) is 7.52. The zero-order chi connectivity index (χ0) is 21.1. The van der Waals surface area contributed by atoms with E-state index in [0.717, 1.165) is 15.8 Å². The maximum atomic E-state index is 13.5. The highest BCUT2D eigenvalue weighted by atomic mass is 32.1. The third-order valence-corrected chi connectivity index (χ3v) is 5.47. The van der Waals surface area contributed by atoms with Gasteiger partial charge in [-0.2, -0.15) is 0 Å². The summed E-state index contributed by atoms with van der Waals surface area (Å²) in [6.45, 7) is 2.78. The largest absolute Gasteiger partial charge is 0.492 e. The van der Waals surface area contributed by atoms with Crippen LogP contribution in [0.1, 0.15) is 22.8 Å². The minimum absolute atomic E-state index is 0.249. The van der Waals surface area contributed by atoms with Crippen molar-refractivity contribution in [2.75, 3.05) is 18.6 Å². The van der Waals surface area contributed by atoms with Crippen LogP contribution < -0.4 is 14.4 Å². The summed E-state index contributed by atoms with van der Waals surface area (Å²) in [6.07, 6.45) is 5.09. The number of anilines is 1. The molecule has 1 aromatic carbocycles. The fourth-order valence-electron chi connectivity index (χ4n) is 3.11. The van der Waals surface area contributed by atoms with Gasteiger partial charge in [-0.15, -0.1) is 5.10 Å². The molecule has 0 atom stereocenters. The molecular weight excluding hydrogens is 402 g/mol. The number of hydrogen-bond acceptors (Lipinski definition) is 7. The van der Waals surface area contributed by atoms with Gasteiger partial charge in [0.1, 0.15) is 16.8 Å². The Morgan fingerprint density at radius 2 is 2.13 bits per heavy atom. The number of amides is 1. The zero-order valence-electron chi connectivity index (χ0n) is 16.9. The Morgan fingerprint density at radius 3 is 2.87 bits per heavy atom. The quantitative estimate of drug-likeness (QED) is 0.451. The van der Waals surface area contributed by atoms with Gasteiger partial charge in [0.25, 0.3) is 5.91 Å². The van der Waals surface area contributed by atoms with Crippen molar-refractivity contribution in [1.82, 2.24) is 19.7 Å². The number of pyridine rings is 1. The van der Waals surface area contributed by atoms with Crippen molar-refractivity contribution in [2.24, 2.45) is 7.05 Å².